The summed E-state index contributed by atoms with van der Waals surface area (Å²) in [5.74, 6) is 0.414. The largest absolute Gasteiger partial charge is 0.349 e. The van der Waals surface area contributed by atoms with E-state index in [2.05, 4.69) is 19.2 Å². The number of hydrogen-bond donors (Lipinski definition) is 2. The average molecular weight is 257 g/mol. The molecule has 17 heavy (non-hydrogen) atoms. The zero-order valence-corrected chi connectivity index (χ0v) is 11.4. The first kappa shape index (κ1) is 15.9. The number of benzene rings is 1. The van der Waals surface area contributed by atoms with E-state index in [-0.39, 0.29) is 24.4 Å². The Labute approximate surface area is 109 Å². The molecule has 1 aromatic rings. The van der Waals surface area contributed by atoms with E-state index >= 15 is 0 Å². The van der Waals surface area contributed by atoms with Crippen LogP contribution >= 0.6 is 12.4 Å². The van der Waals surface area contributed by atoms with Crippen LogP contribution < -0.4 is 11.1 Å². The molecule has 0 aliphatic rings. The SMILES string of the molecule is CC(C)C(C)NC(=O)c1ccc(CN)cc1.Cl. The summed E-state index contributed by atoms with van der Waals surface area (Å²) >= 11 is 0. The van der Waals surface area contributed by atoms with Gasteiger partial charge in [0.05, 0.1) is 0 Å². The molecule has 1 rings (SSSR count). The number of carbonyl (C=O) groups excluding carboxylic acids is 1. The van der Waals surface area contributed by atoms with Gasteiger partial charge in [-0.05, 0) is 30.5 Å². The molecule has 1 aromatic carbocycles. The second kappa shape index (κ2) is 7.30. The molecule has 0 saturated carbocycles. The normalized spacial score (nSPS) is 11.8. The highest BCUT2D eigenvalue weighted by Crippen LogP contribution is 2.06. The minimum atomic E-state index is -0.0234. The van der Waals surface area contributed by atoms with E-state index in [0.29, 0.717) is 18.0 Å². The van der Waals surface area contributed by atoms with E-state index in [1.54, 1.807) is 0 Å². The van der Waals surface area contributed by atoms with Crippen LogP contribution in [0.25, 0.3) is 0 Å². The van der Waals surface area contributed by atoms with Crippen molar-refractivity contribution < 1.29 is 4.79 Å². The lowest BCUT2D eigenvalue weighted by Crippen LogP contribution is -2.36. The lowest BCUT2D eigenvalue weighted by atomic mass is 10.1. The van der Waals surface area contributed by atoms with E-state index < -0.39 is 0 Å². The quantitative estimate of drug-likeness (QED) is 0.869. The molecule has 1 atom stereocenters. The predicted molar refractivity (Wildman–Crippen MR) is 73.3 cm³/mol. The molecule has 1 amide bonds. The van der Waals surface area contributed by atoms with E-state index in [9.17, 15) is 4.79 Å². The lowest BCUT2D eigenvalue weighted by molar-refractivity contribution is 0.0930. The molecule has 3 nitrogen and oxygen atoms in total. The molecular weight excluding hydrogens is 236 g/mol. The van der Waals surface area contributed by atoms with Crippen LogP contribution in [0, 0.1) is 5.92 Å². The van der Waals surface area contributed by atoms with Crippen LogP contribution in [0.4, 0.5) is 0 Å². The van der Waals surface area contributed by atoms with Crippen LogP contribution in [0.2, 0.25) is 0 Å². The van der Waals surface area contributed by atoms with Crippen molar-refractivity contribution in [2.24, 2.45) is 11.7 Å². The fraction of sp³-hybridized carbons (Fsp3) is 0.462. The van der Waals surface area contributed by atoms with Crippen molar-refractivity contribution >= 4 is 18.3 Å². The van der Waals surface area contributed by atoms with Crippen molar-refractivity contribution in [1.29, 1.82) is 0 Å². The molecule has 0 saturated heterocycles. The van der Waals surface area contributed by atoms with Gasteiger partial charge in [-0.25, -0.2) is 0 Å². The Kier molecular flexibility index (Phi) is 6.85. The van der Waals surface area contributed by atoms with E-state index in [1.807, 2.05) is 31.2 Å². The number of amides is 1. The number of halogens is 1. The zero-order chi connectivity index (χ0) is 12.1. The topological polar surface area (TPSA) is 55.1 Å². The van der Waals surface area contributed by atoms with E-state index in [0.717, 1.165) is 5.56 Å². The maximum absolute atomic E-state index is 11.8. The Morgan fingerprint density at radius 2 is 1.76 bits per heavy atom. The van der Waals surface area contributed by atoms with Crippen LogP contribution in [0.5, 0.6) is 0 Å². The standard InChI is InChI=1S/C13H20N2O.ClH/c1-9(2)10(3)15-13(16)12-6-4-11(8-14)5-7-12;/h4-7,9-10H,8,14H2,1-3H3,(H,15,16);1H. The second-order valence-electron chi connectivity index (χ2n) is 4.41. The molecule has 0 spiro atoms. The molecule has 0 bridgehead atoms. The van der Waals surface area contributed by atoms with Gasteiger partial charge in [-0.1, -0.05) is 26.0 Å². The predicted octanol–water partition coefficient (Wildman–Crippen LogP) is 2.34. The van der Waals surface area contributed by atoms with Crippen molar-refractivity contribution in [3.63, 3.8) is 0 Å². The molecule has 0 aromatic heterocycles. The molecule has 3 N–H and O–H groups in total. The first-order chi connectivity index (χ1) is 7.54. The van der Waals surface area contributed by atoms with Gasteiger partial charge in [0.1, 0.15) is 0 Å². The summed E-state index contributed by atoms with van der Waals surface area (Å²) in [7, 11) is 0. The maximum atomic E-state index is 11.8. The highest BCUT2D eigenvalue weighted by molar-refractivity contribution is 5.94. The Bertz CT molecular complexity index is 349. The minimum absolute atomic E-state index is 0. The number of nitrogens with one attached hydrogen (secondary N) is 1. The van der Waals surface area contributed by atoms with Crippen LogP contribution in [0.3, 0.4) is 0 Å². The number of carbonyl (C=O) groups is 1. The van der Waals surface area contributed by atoms with Crippen molar-refractivity contribution in [3.05, 3.63) is 35.4 Å². The summed E-state index contributed by atoms with van der Waals surface area (Å²) in [6.45, 7) is 6.69. The third-order valence-electron chi connectivity index (χ3n) is 2.81. The lowest BCUT2D eigenvalue weighted by Gasteiger charge is -2.17. The molecule has 0 aliphatic carbocycles. The summed E-state index contributed by atoms with van der Waals surface area (Å²) in [6.07, 6.45) is 0. The minimum Gasteiger partial charge on any atom is -0.349 e. The Hall–Kier alpha value is -1.06. The summed E-state index contributed by atoms with van der Waals surface area (Å²) < 4.78 is 0. The van der Waals surface area contributed by atoms with Crippen molar-refractivity contribution in [1.82, 2.24) is 5.32 Å². The Morgan fingerprint density at radius 3 is 2.18 bits per heavy atom. The highest BCUT2D eigenvalue weighted by Gasteiger charge is 2.11. The molecule has 0 fully saturated rings. The zero-order valence-electron chi connectivity index (χ0n) is 10.6. The Morgan fingerprint density at radius 1 is 1.24 bits per heavy atom. The van der Waals surface area contributed by atoms with Crippen molar-refractivity contribution in [2.45, 2.75) is 33.4 Å². The monoisotopic (exact) mass is 256 g/mol. The van der Waals surface area contributed by atoms with Gasteiger partial charge in [0, 0.05) is 18.2 Å². The van der Waals surface area contributed by atoms with Gasteiger partial charge in [-0.2, -0.15) is 0 Å². The van der Waals surface area contributed by atoms with Crippen LogP contribution in [0.1, 0.15) is 36.7 Å². The van der Waals surface area contributed by atoms with Gasteiger partial charge in [-0.15, -0.1) is 12.4 Å². The van der Waals surface area contributed by atoms with Crippen LogP contribution in [-0.4, -0.2) is 11.9 Å². The van der Waals surface area contributed by atoms with Crippen molar-refractivity contribution in [3.8, 4) is 0 Å². The first-order valence-corrected chi connectivity index (χ1v) is 5.64. The molecule has 1 unspecified atom stereocenters. The fourth-order valence-electron chi connectivity index (χ4n) is 1.25. The molecule has 0 aliphatic heterocycles. The summed E-state index contributed by atoms with van der Waals surface area (Å²) in [5, 5.41) is 2.96. The second-order valence-corrected chi connectivity index (χ2v) is 4.41. The molecular formula is C13H21ClN2O. The van der Waals surface area contributed by atoms with Gasteiger partial charge in [-0.3, -0.25) is 4.79 Å². The third-order valence-corrected chi connectivity index (χ3v) is 2.81. The van der Waals surface area contributed by atoms with Crippen molar-refractivity contribution in [2.75, 3.05) is 0 Å². The van der Waals surface area contributed by atoms with Gasteiger partial charge < -0.3 is 11.1 Å². The number of nitrogens with two attached hydrogens (primary N) is 1. The third kappa shape index (κ3) is 4.75. The fourth-order valence-corrected chi connectivity index (χ4v) is 1.25. The summed E-state index contributed by atoms with van der Waals surface area (Å²) in [5.41, 5.74) is 7.22. The number of hydrogen-bond acceptors (Lipinski definition) is 2. The van der Waals surface area contributed by atoms with Gasteiger partial charge in [0.25, 0.3) is 5.91 Å². The molecule has 0 radical (unpaired) electrons. The van der Waals surface area contributed by atoms with E-state index in [4.69, 9.17) is 5.73 Å². The summed E-state index contributed by atoms with van der Waals surface area (Å²) in [4.78, 5) is 11.8. The van der Waals surface area contributed by atoms with Crippen LogP contribution in [0.15, 0.2) is 24.3 Å². The van der Waals surface area contributed by atoms with Gasteiger partial charge >= 0.3 is 0 Å². The van der Waals surface area contributed by atoms with Crippen LogP contribution in [-0.2, 0) is 6.54 Å². The van der Waals surface area contributed by atoms with Gasteiger partial charge in [0.2, 0.25) is 0 Å². The Balaban J connectivity index is 0.00000256. The number of rotatable bonds is 4. The summed E-state index contributed by atoms with van der Waals surface area (Å²) in [6, 6.07) is 7.57. The van der Waals surface area contributed by atoms with Gasteiger partial charge in [0.15, 0.2) is 0 Å². The maximum Gasteiger partial charge on any atom is 0.251 e. The molecule has 4 heteroatoms. The first-order valence-electron chi connectivity index (χ1n) is 5.64. The average Bonchev–Trinajstić information content (AvgIpc) is 2.28. The molecule has 0 heterocycles. The smallest absolute Gasteiger partial charge is 0.251 e. The molecule has 96 valence electrons. The highest BCUT2D eigenvalue weighted by atomic mass is 35.5. The van der Waals surface area contributed by atoms with E-state index in [1.165, 1.54) is 0 Å².